The molecule has 0 spiro atoms. The van der Waals surface area contributed by atoms with Crippen molar-refractivity contribution in [1.82, 2.24) is 0 Å². The maximum absolute atomic E-state index is 5.96. The molecule has 0 unspecified atom stereocenters. The lowest BCUT2D eigenvalue weighted by atomic mass is 10.1. The summed E-state index contributed by atoms with van der Waals surface area (Å²) in [4.78, 5) is 4.39. The van der Waals surface area contributed by atoms with Crippen molar-refractivity contribution in [2.24, 2.45) is 10.7 Å². The van der Waals surface area contributed by atoms with Crippen molar-refractivity contribution in [3.63, 3.8) is 0 Å². The topological polar surface area (TPSA) is 59.6 Å². The highest BCUT2D eigenvalue weighted by Crippen LogP contribution is 2.14. The van der Waals surface area contributed by atoms with Gasteiger partial charge in [0.05, 0.1) is 6.61 Å². The van der Waals surface area contributed by atoms with Crippen LogP contribution >= 0.6 is 24.0 Å². The normalized spacial score (nSPS) is 10.9. The summed E-state index contributed by atoms with van der Waals surface area (Å²) in [6.45, 7) is 7.43. The van der Waals surface area contributed by atoms with Crippen LogP contribution in [0.3, 0.4) is 0 Å². The van der Waals surface area contributed by atoms with Gasteiger partial charge in [-0.15, -0.1) is 24.0 Å². The fraction of sp³-hybridized carbons (Fsp3) is 0.316. The molecule has 2 aromatic carbocycles. The van der Waals surface area contributed by atoms with Gasteiger partial charge in [0.15, 0.2) is 5.96 Å². The van der Waals surface area contributed by atoms with Gasteiger partial charge in [0.25, 0.3) is 0 Å². The van der Waals surface area contributed by atoms with E-state index in [2.05, 4.69) is 48.4 Å². The Morgan fingerprint density at radius 1 is 1.12 bits per heavy atom. The molecule has 2 aromatic rings. The van der Waals surface area contributed by atoms with E-state index in [0.29, 0.717) is 19.1 Å². The Kier molecular flexibility index (Phi) is 8.60. The molecule has 0 bridgehead atoms. The maximum atomic E-state index is 5.96. The first-order chi connectivity index (χ1) is 11.1. The minimum Gasteiger partial charge on any atom is -0.494 e. The predicted molar refractivity (Wildman–Crippen MR) is 113 cm³/mol. The number of hydrogen-bond acceptors (Lipinski definition) is 2. The Labute approximate surface area is 161 Å². The van der Waals surface area contributed by atoms with Gasteiger partial charge in [-0.25, -0.2) is 0 Å². The number of rotatable bonds is 6. The summed E-state index contributed by atoms with van der Waals surface area (Å²) < 4.78 is 5.50. The van der Waals surface area contributed by atoms with Gasteiger partial charge in [-0.3, -0.25) is 4.99 Å². The van der Waals surface area contributed by atoms with Gasteiger partial charge in [0, 0.05) is 12.2 Å². The minimum atomic E-state index is 0. The Bertz CT molecular complexity index is 666. The first-order valence-corrected chi connectivity index (χ1v) is 7.94. The molecule has 0 aromatic heterocycles. The van der Waals surface area contributed by atoms with E-state index >= 15 is 0 Å². The molecule has 0 fully saturated rings. The zero-order chi connectivity index (χ0) is 16.7. The van der Waals surface area contributed by atoms with Gasteiger partial charge in [0.1, 0.15) is 5.75 Å². The third kappa shape index (κ3) is 6.78. The lowest BCUT2D eigenvalue weighted by Gasteiger charge is -2.08. The second-order valence-corrected chi connectivity index (χ2v) is 5.60. The third-order valence-electron chi connectivity index (χ3n) is 3.39. The van der Waals surface area contributed by atoms with Gasteiger partial charge in [-0.1, -0.05) is 18.2 Å². The van der Waals surface area contributed by atoms with E-state index in [0.717, 1.165) is 17.9 Å². The fourth-order valence-electron chi connectivity index (χ4n) is 2.50. The number of nitrogens with two attached hydrogens (primary N) is 1. The highest BCUT2D eigenvalue weighted by atomic mass is 127. The molecule has 0 aliphatic rings. The molecule has 0 aliphatic heterocycles. The highest BCUT2D eigenvalue weighted by Gasteiger charge is 1.99. The largest absolute Gasteiger partial charge is 0.494 e. The van der Waals surface area contributed by atoms with Crippen LogP contribution in [0.1, 0.15) is 23.6 Å². The van der Waals surface area contributed by atoms with Gasteiger partial charge in [0.2, 0.25) is 0 Å². The number of nitrogens with one attached hydrogen (secondary N) is 1. The Hall–Kier alpha value is -1.76. The molecule has 4 nitrogen and oxygen atoms in total. The number of ether oxygens (including phenoxy) is 1. The summed E-state index contributed by atoms with van der Waals surface area (Å²) in [5.41, 5.74) is 10.5. The summed E-state index contributed by atoms with van der Waals surface area (Å²) in [5.74, 6) is 1.34. The predicted octanol–water partition coefficient (Wildman–Crippen LogP) is 4.29. The molecule has 0 aliphatic carbocycles. The zero-order valence-corrected chi connectivity index (χ0v) is 16.8. The molecule has 3 N–H and O–H groups in total. The van der Waals surface area contributed by atoms with Crippen molar-refractivity contribution in [3.05, 3.63) is 59.2 Å². The van der Waals surface area contributed by atoms with Crippen LogP contribution < -0.4 is 15.8 Å². The zero-order valence-electron chi connectivity index (χ0n) is 14.5. The molecule has 0 atom stereocenters. The van der Waals surface area contributed by atoms with Crippen LogP contribution in [0.25, 0.3) is 0 Å². The smallest absolute Gasteiger partial charge is 0.193 e. The summed E-state index contributed by atoms with van der Waals surface area (Å²) in [7, 11) is 0. The Balaban J connectivity index is 0.00000288. The SMILES string of the molecule is CCOc1cccc(CCN=C(N)Nc2cc(C)cc(C)c2)c1.I. The molecule has 24 heavy (non-hydrogen) atoms. The number of halogens is 1. The molecule has 0 amide bonds. The van der Waals surface area contributed by atoms with Crippen molar-refractivity contribution >= 4 is 35.6 Å². The number of guanidine groups is 1. The monoisotopic (exact) mass is 439 g/mol. The van der Waals surface area contributed by atoms with Crippen LogP contribution in [0.5, 0.6) is 5.75 Å². The number of anilines is 1. The summed E-state index contributed by atoms with van der Waals surface area (Å²) >= 11 is 0. The Morgan fingerprint density at radius 3 is 2.50 bits per heavy atom. The first kappa shape index (κ1) is 20.3. The molecular weight excluding hydrogens is 413 g/mol. The quantitative estimate of drug-likeness (QED) is 0.401. The van der Waals surface area contributed by atoms with E-state index in [-0.39, 0.29) is 24.0 Å². The second kappa shape index (κ2) is 10.2. The first-order valence-electron chi connectivity index (χ1n) is 7.94. The van der Waals surface area contributed by atoms with Crippen molar-refractivity contribution in [2.45, 2.75) is 27.2 Å². The van der Waals surface area contributed by atoms with Crippen molar-refractivity contribution in [2.75, 3.05) is 18.5 Å². The fourth-order valence-corrected chi connectivity index (χ4v) is 2.50. The molecule has 0 heterocycles. The van der Waals surface area contributed by atoms with Crippen molar-refractivity contribution in [1.29, 1.82) is 0 Å². The average Bonchev–Trinajstić information content (AvgIpc) is 2.47. The van der Waals surface area contributed by atoms with Crippen molar-refractivity contribution in [3.8, 4) is 5.75 Å². The second-order valence-electron chi connectivity index (χ2n) is 5.60. The van der Waals surface area contributed by atoms with Gasteiger partial charge >= 0.3 is 0 Å². The molecule has 0 radical (unpaired) electrons. The van der Waals surface area contributed by atoms with Crippen LogP contribution in [-0.2, 0) is 6.42 Å². The van der Waals surface area contributed by atoms with Crippen LogP contribution in [0.2, 0.25) is 0 Å². The lowest BCUT2D eigenvalue weighted by Crippen LogP contribution is -2.23. The van der Waals surface area contributed by atoms with Crippen LogP contribution in [0.4, 0.5) is 5.69 Å². The van der Waals surface area contributed by atoms with E-state index in [9.17, 15) is 0 Å². The standard InChI is InChI=1S/C19H25N3O.HI/c1-4-23-18-7-5-6-16(13-18)8-9-21-19(20)22-17-11-14(2)10-15(3)12-17;/h5-7,10-13H,4,8-9H2,1-3H3,(H3,20,21,22);1H. The van der Waals surface area contributed by atoms with Crippen molar-refractivity contribution < 1.29 is 4.74 Å². The molecule has 2 rings (SSSR count). The average molecular weight is 439 g/mol. The van der Waals surface area contributed by atoms with E-state index in [1.54, 1.807) is 0 Å². The summed E-state index contributed by atoms with van der Waals surface area (Å²) in [5, 5.41) is 3.14. The third-order valence-corrected chi connectivity index (χ3v) is 3.39. The van der Waals surface area contributed by atoms with Gasteiger partial charge in [-0.05, 0) is 68.1 Å². The van der Waals surface area contributed by atoms with Crippen LogP contribution in [0.15, 0.2) is 47.5 Å². The molecule has 0 saturated heterocycles. The van der Waals surface area contributed by atoms with E-state index in [4.69, 9.17) is 10.5 Å². The number of nitrogens with zero attached hydrogens (tertiary/aromatic N) is 1. The van der Waals surface area contributed by atoms with Gasteiger partial charge < -0.3 is 15.8 Å². The van der Waals surface area contributed by atoms with Crippen LogP contribution in [0, 0.1) is 13.8 Å². The summed E-state index contributed by atoms with van der Waals surface area (Å²) in [6.07, 6.45) is 0.830. The number of aliphatic imine (C=N–C) groups is 1. The molecular formula is C19H26IN3O. The minimum absolute atomic E-state index is 0. The van der Waals surface area contributed by atoms with E-state index in [1.807, 2.05) is 25.1 Å². The summed E-state index contributed by atoms with van der Waals surface area (Å²) in [6, 6.07) is 14.3. The lowest BCUT2D eigenvalue weighted by molar-refractivity contribution is 0.340. The van der Waals surface area contributed by atoms with E-state index < -0.39 is 0 Å². The maximum Gasteiger partial charge on any atom is 0.193 e. The van der Waals surface area contributed by atoms with E-state index in [1.165, 1.54) is 16.7 Å². The highest BCUT2D eigenvalue weighted by molar-refractivity contribution is 14.0. The molecule has 0 saturated carbocycles. The number of aryl methyl sites for hydroxylation is 2. The molecule has 5 heteroatoms. The number of benzene rings is 2. The Morgan fingerprint density at radius 2 is 1.83 bits per heavy atom. The molecule has 130 valence electrons. The van der Waals surface area contributed by atoms with Crippen LogP contribution in [-0.4, -0.2) is 19.1 Å². The number of hydrogen-bond donors (Lipinski definition) is 2. The van der Waals surface area contributed by atoms with Gasteiger partial charge in [-0.2, -0.15) is 0 Å².